The topological polar surface area (TPSA) is 96.6 Å². The molecule has 0 spiro atoms. The summed E-state index contributed by atoms with van der Waals surface area (Å²) in [7, 11) is 0. The molecule has 0 unspecified atom stereocenters. The van der Waals surface area contributed by atoms with E-state index in [2.05, 4.69) is 15.4 Å². The van der Waals surface area contributed by atoms with Crippen molar-refractivity contribution in [3.63, 3.8) is 0 Å². The van der Waals surface area contributed by atoms with Crippen molar-refractivity contribution in [1.82, 2.24) is 19.9 Å². The lowest BCUT2D eigenvalue weighted by Crippen LogP contribution is -2.42. The van der Waals surface area contributed by atoms with Gasteiger partial charge < -0.3 is 10.4 Å². The number of aliphatic carboxylic acids is 1. The summed E-state index contributed by atoms with van der Waals surface area (Å²) >= 11 is 0. The van der Waals surface area contributed by atoms with E-state index in [9.17, 15) is 9.59 Å². The molecule has 0 saturated heterocycles. The van der Waals surface area contributed by atoms with Crippen LogP contribution in [0.3, 0.4) is 0 Å². The smallest absolute Gasteiger partial charge is 0.326 e. The molecule has 2 aromatic heterocycles. The molecule has 1 amide bonds. The Hall–Kier alpha value is -2.44. The van der Waals surface area contributed by atoms with Gasteiger partial charge in [0.05, 0.1) is 6.20 Å². The highest BCUT2D eigenvalue weighted by molar-refractivity contribution is 5.95. The molecule has 0 aromatic carbocycles. The molecule has 2 aromatic rings. The van der Waals surface area contributed by atoms with Gasteiger partial charge in [0.1, 0.15) is 11.7 Å². The van der Waals surface area contributed by atoms with Gasteiger partial charge >= 0.3 is 5.97 Å². The van der Waals surface area contributed by atoms with Gasteiger partial charge in [-0.25, -0.2) is 14.3 Å². The van der Waals surface area contributed by atoms with E-state index in [1.807, 2.05) is 13.8 Å². The number of amides is 1. The first kappa shape index (κ1) is 14.0. The highest BCUT2D eigenvalue weighted by Crippen LogP contribution is 2.08. The van der Waals surface area contributed by atoms with Gasteiger partial charge in [-0.15, -0.1) is 0 Å². The number of nitrogens with one attached hydrogen (secondary N) is 1. The summed E-state index contributed by atoms with van der Waals surface area (Å²) in [6, 6.07) is 2.51. The molecule has 2 heterocycles. The largest absolute Gasteiger partial charge is 0.480 e. The zero-order valence-corrected chi connectivity index (χ0v) is 11.3. The van der Waals surface area contributed by atoms with E-state index in [1.54, 1.807) is 12.1 Å². The van der Waals surface area contributed by atoms with Crippen molar-refractivity contribution in [3.05, 3.63) is 30.2 Å². The summed E-state index contributed by atoms with van der Waals surface area (Å²) in [5.41, 5.74) is 0.754. The number of imidazole rings is 1. The number of nitrogens with zero attached hydrogens (tertiary/aromatic N) is 3. The van der Waals surface area contributed by atoms with Gasteiger partial charge in [-0.05, 0) is 24.5 Å². The van der Waals surface area contributed by atoms with Gasteiger partial charge in [0, 0.05) is 6.20 Å². The van der Waals surface area contributed by atoms with Crippen LogP contribution in [0.2, 0.25) is 0 Å². The molecule has 106 valence electrons. The Morgan fingerprint density at radius 2 is 2.20 bits per heavy atom. The van der Waals surface area contributed by atoms with Crippen LogP contribution >= 0.6 is 0 Å². The van der Waals surface area contributed by atoms with E-state index >= 15 is 0 Å². The number of aromatic nitrogens is 3. The predicted octanol–water partition coefficient (Wildman–Crippen LogP) is 0.958. The fourth-order valence-electron chi connectivity index (χ4n) is 1.91. The third kappa shape index (κ3) is 2.93. The molecular weight excluding hydrogens is 260 g/mol. The number of hydrogen-bond acceptors (Lipinski definition) is 4. The Kier molecular flexibility index (Phi) is 3.97. The molecule has 0 fully saturated rings. The molecule has 2 N–H and O–H groups in total. The van der Waals surface area contributed by atoms with Crippen LogP contribution in [-0.4, -0.2) is 37.6 Å². The fourth-order valence-corrected chi connectivity index (χ4v) is 1.91. The standard InChI is InChI=1S/C13H16N4O3/c1-8(2)6-9(13(19)20)16-12(18)10-7-14-11-4-3-5-15-17(10)11/h3-5,7-9H,6H2,1-2H3,(H,16,18)(H,19,20)/t9-/m0/s1. The summed E-state index contributed by atoms with van der Waals surface area (Å²) in [6.07, 6.45) is 3.28. The van der Waals surface area contributed by atoms with Gasteiger partial charge in [-0.3, -0.25) is 4.79 Å². The van der Waals surface area contributed by atoms with E-state index in [0.29, 0.717) is 12.1 Å². The van der Waals surface area contributed by atoms with E-state index in [0.717, 1.165) is 0 Å². The molecule has 7 heteroatoms. The summed E-state index contributed by atoms with van der Waals surface area (Å²) < 4.78 is 1.38. The Morgan fingerprint density at radius 3 is 2.85 bits per heavy atom. The van der Waals surface area contributed by atoms with Crippen molar-refractivity contribution in [1.29, 1.82) is 0 Å². The molecule has 2 rings (SSSR count). The zero-order valence-electron chi connectivity index (χ0n) is 11.3. The Balaban J connectivity index is 2.20. The highest BCUT2D eigenvalue weighted by Gasteiger charge is 2.23. The first-order valence-electron chi connectivity index (χ1n) is 6.31. The second-order valence-electron chi connectivity index (χ2n) is 4.93. The quantitative estimate of drug-likeness (QED) is 0.847. The van der Waals surface area contributed by atoms with E-state index in [4.69, 9.17) is 5.11 Å². The van der Waals surface area contributed by atoms with E-state index in [-0.39, 0.29) is 11.6 Å². The number of carbonyl (C=O) groups excluding carboxylic acids is 1. The molecular formula is C13H16N4O3. The van der Waals surface area contributed by atoms with Crippen molar-refractivity contribution in [2.75, 3.05) is 0 Å². The lowest BCUT2D eigenvalue weighted by atomic mass is 10.0. The summed E-state index contributed by atoms with van der Waals surface area (Å²) in [5, 5.41) is 15.7. The van der Waals surface area contributed by atoms with Crippen LogP contribution in [0.5, 0.6) is 0 Å². The zero-order chi connectivity index (χ0) is 14.7. The third-order valence-corrected chi connectivity index (χ3v) is 2.82. The number of carboxylic acids is 1. The van der Waals surface area contributed by atoms with Crippen LogP contribution < -0.4 is 5.32 Å². The van der Waals surface area contributed by atoms with Gasteiger partial charge in [-0.2, -0.15) is 5.10 Å². The number of hydrogen-bond donors (Lipinski definition) is 2. The average Bonchev–Trinajstić information content (AvgIpc) is 2.81. The van der Waals surface area contributed by atoms with Crippen LogP contribution in [0.1, 0.15) is 30.8 Å². The summed E-state index contributed by atoms with van der Waals surface area (Å²) in [6.45, 7) is 3.80. The lowest BCUT2D eigenvalue weighted by molar-refractivity contribution is -0.139. The Labute approximate surface area is 115 Å². The first-order valence-corrected chi connectivity index (χ1v) is 6.31. The molecule has 0 saturated carbocycles. The number of carbonyl (C=O) groups is 2. The molecule has 7 nitrogen and oxygen atoms in total. The third-order valence-electron chi connectivity index (χ3n) is 2.82. The monoisotopic (exact) mass is 276 g/mol. The molecule has 0 bridgehead atoms. The molecule has 20 heavy (non-hydrogen) atoms. The summed E-state index contributed by atoms with van der Waals surface area (Å²) in [5.74, 6) is -1.38. The minimum atomic E-state index is -1.05. The molecule has 0 aliphatic rings. The predicted molar refractivity (Wildman–Crippen MR) is 71.3 cm³/mol. The molecule has 0 aliphatic heterocycles. The van der Waals surface area contributed by atoms with Crippen molar-refractivity contribution >= 4 is 17.5 Å². The minimum absolute atomic E-state index is 0.164. The Morgan fingerprint density at radius 1 is 1.45 bits per heavy atom. The van der Waals surface area contributed by atoms with Gasteiger partial charge in [-0.1, -0.05) is 13.8 Å². The van der Waals surface area contributed by atoms with Crippen LogP contribution in [-0.2, 0) is 4.79 Å². The maximum absolute atomic E-state index is 12.1. The van der Waals surface area contributed by atoms with Crippen LogP contribution in [0, 0.1) is 5.92 Å². The minimum Gasteiger partial charge on any atom is -0.480 e. The van der Waals surface area contributed by atoms with Gasteiger partial charge in [0.25, 0.3) is 5.91 Å². The maximum atomic E-state index is 12.1. The first-order chi connectivity index (χ1) is 9.49. The fraction of sp³-hybridized carbons (Fsp3) is 0.385. The lowest BCUT2D eigenvalue weighted by Gasteiger charge is -2.15. The Bertz CT molecular complexity index is 635. The van der Waals surface area contributed by atoms with Crippen molar-refractivity contribution in [2.45, 2.75) is 26.3 Å². The molecule has 1 atom stereocenters. The SMILES string of the molecule is CC(C)C[C@H](NC(=O)c1cnc2cccnn12)C(=O)O. The van der Waals surface area contributed by atoms with E-state index < -0.39 is 17.9 Å². The van der Waals surface area contributed by atoms with Crippen LogP contribution in [0.25, 0.3) is 5.65 Å². The van der Waals surface area contributed by atoms with Crippen LogP contribution in [0.15, 0.2) is 24.5 Å². The van der Waals surface area contributed by atoms with Gasteiger partial charge in [0.2, 0.25) is 0 Å². The number of rotatable bonds is 5. The van der Waals surface area contributed by atoms with Crippen LogP contribution in [0.4, 0.5) is 0 Å². The second kappa shape index (κ2) is 5.68. The molecule has 0 radical (unpaired) electrons. The van der Waals surface area contributed by atoms with Gasteiger partial charge in [0.15, 0.2) is 5.65 Å². The molecule has 0 aliphatic carbocycles. The summed E-state index contributed by atoms with van der Waals surface area (Å²) in [4.78, 5) is 27.3. The highest BCUT2D eigenvalue weighted by atomic mass is 16.4. The number of fused-ring (bicyclic) bond motifs is 1. The second-order valence-corrected chi connectivity index (χ2v) is 4.93. The van der Waals surface area contributed by atoms with Crippen molar-refractivity contribution < 1.29 is 14.7 Å². The van der Waals surface area contributed by atoms with Crippen molar-refractivity contribution in [2.24, 2.45) is 5.92 Å². The number of carboxylic acid groups (broad SMARTS) is 1. The maximum Gasteiger partial charge on any atom is 0.326 e. The van der Waals surface area contributed by atoms with Crippen molar-refractivity contribution in [3.8, 4) is 0 Å². The average molecular weight is 276 g/mol. The normalized spacial score (nSPS) is 12.6. The van der Waals surface area contributed by atoms with E-state index in [1.165, 1.54) is 16.9 Å².